The van der Waals surface area contributed by atoms with Crippen LogP contribution in [0.5, 0.6) is 0 Å². The molecule has 2 nitrogen and oxygen atoms in total. The first kappa shape index (κ1) is 14.1. The van der Waals surface area contributed by atoms with Gasteiger partial charge in [-0.05, 0) is 62.0 Å². The van der Waals surface area contributed by atoms with Gasteiger partial charge in [0.25, 0.3) is 0 Å². The van der Waals surface area contributed by atoms with Crippen LogP contribution in [0.1, 0.15) is 49.3 Å². The van der Waals surface area contributed by atoms with Crippen molar-refractivity contribution in [1.82, 2.24) is 4.90 Å². The molecule has 0 spiro atoms. The summed E-state index contributed by atoms with van der Waals surface area (Å²) in [6, 6.07) is 8.26. The van der Waals surface area contributed by atoms with Gasteiger partial charge in [-0.15, -0.1) is 0 Å². The molecule has 1 aromatic rings. The van der Waals surface area contributed by atoms with E-state index >= 15 is 0 Å². The number of nitrogens with zero attached hydrogens (tertiary/aromatic N) is 2. The van der Waals surface area contributed by atoms with E-state index in [2.05, 4.69) is 30.9 Å². The number of rotatable bonds is 4. The Balaban J connectivity index is 1.91. The largest absolute Gasteiger partial charge is 0.299 e. The SMILES string of the molecule is CCCC1CCN(Cc2ccc(C#N)cc2C)CC1. The number of benzene rings is 1. The third kappa shape index (κ3) is 3.81. The number of hydrogen-bond donors (Lipinski definition) is 0. The average molecular weight is 256 g/mol. The minimum atomic E-state index is 0.767. The van der Waals surface area contributed by atoms with Crippen LogP contribution in [0.2, 0.25) is 0 Å². The zero-order chi connectivity index (χ0) is 13.7. The number of hydrogen-bond acceptors (Lipinski definition) is 2. The number of likely N-dealkylation sites (tertiary alicyclic amines) is 1. The van der Waals surface area contributed by atoms with Crippen molar-refractivity contribution in [2.45, 2.75) is 46.1 Å². The highest BCUT2D eigenvalue weighted by Crippen LogP contribution is 2.23. The monoisotopic (exact) mass is 256 g/mol. The Kier molecular flexibility index (Phi) is 4.99. The maximum absolute atomic E-state index is 8.89. The van der Waals surface area contributed by atoms with Crippen LogP contribution >= 0.6 is 0 Å². The van der Waals surface area contributed by atoms with Crippen LogP contribution in [0.15, 0.2) is 18.2 Å². The van der Waals surface area contributed by atoms with Gasteiger partial charge in [0.2, 0.25) is 0 Å². The second-order valence-electron chi connectivity index (χ2n) is 5.76. The van der Waals surface area contributed by atoms with Crippen LogP contribution < -0.4 is 0 Å². The highest BCUT2D eigenvalue weighted by Gasteiger charge is 2.18. The lowest BCUT2D eigenvalue weighted by atomic mass is 9.92. The lowest BCUT2D eigenvalue weighted by Gasteiger charge is -2.32. The molecular formula is C17H24N2. The summed E-state index contributed by atoms with van der Waals surface area (Å²) in [5.41, 5.74) is 3.38. The fourth-order valence-electron chi connectivity index (χ4n) is 3.03. The molecule has 0 radical (unpaired) electrons. The van der Waals surface area contributed by atoms with Gasteiger partial charge in [0, 0.05) is 6.54 Å². The van der Waals surface area contributed by atoms with E-state index in [-0.39, 0.29) is 0 Å². The number of piperidine rings is 1. The van der Waals surface area contributed by atoms with Crippen molar-refractivity contribution in [3.63, 3.8) is 0 Å². The fraction of sp³-hybridized carbons (Fsp3) is 0.588. The van der Waals surface area contributed by atoms with Crippen LogP contribution in [-0.2, 0) is 6.54 Å². The van der Waals surface area contributed by atoms with Crippen molar-refractivity contribution in [3.8, 4) is 6.07 Å². The zero-order valence-electron chi connectivity index (χ0n) is 12.2. The molecule has 0 N–H and O–H groups in total. The van der Waals surface area contributed by atoms with Gasteiger partial charge in [0.1, 0.15) is 0 Å². The summed E-state index contributed by atoms with van der Waals surface area (Å²) in [4.78, 5) is 2.56. The summed E-state index contributed by atoms with van der Waals surface area (Å²) in [7, 11) is 0. The Hall–Kier alpha value is -1.33. The van der Waals surface area contributed by atoms with E-state index in [9.17, 15) is 0 Å². The van der Waals surface area contributed by atoms with Crippen LogP contribution in [0, 0.1) is 24.2 Å². The van der Waals surface area contributed by atoms with Gasteiger partial charge < -0.3 is 0 Å². The molecule has 19 heavy (non-hydrogen) atoms. The quantitative estimate of drug-likeness (QED) is 0.817. The van der Waals surface area contributed by atoms with E-state index in [4.69, 9.17) is 5.26 Å². The Morgan fingerprint density at radius 3 is 2.63 bits per heavy atom. The van der Waals surface area contributed by atoms with Gasteiger partial charge in [-0.25, -0.2) is 0 Å². The molecule has 1 fully saturated rings. The lowest BCUT2D eigenvalue weighted by Crippen LogP contribution is -2.33. The van der Waals surface area contributed by atoms with Crippen LogP contribution in [0.3, 0.4) is 0 Å². The second-order valence-corrected chi connectivity index (χ2v) is 5.76. The molecule has 102 valence electrons. The summed E-state index contributed by atoms with van der Waals surface area (Å²) in [5.74, 6) is 0.948. The molecule has 0 unspecified atom stereocenters. The van der Waals surface area contributed by atoms with Gasteiger partial charge >= 0.3 is 0 Å². The van der Waals surface area contributed by atoms with E-state index in [0.29, 0.717) is 0 Å². The van der Waals surface area contributed by atoms with Crippen LogP contribution in [0.25, 0.3) is 0 Å². The van der Waals surface area contributed by atoms with E-state index < -0.39 is 0 Å². The Morgan fingerprint density at radius 2 is 2.05 bits per heavy atom. The highest BCUT2D eigenvalue weighted by molar-refractivity contribution is 5.37. The summed E-state index contributed by atoms with van der Waals surface area (Å²) in [6.07, 6.45) is 5.41. The molecule has 0 aromatic heterocycles. The van der Waals surface area contributed by atoms with Crippen molar-refractivity contribution >= 4 is 0 Å². The Bertz CT molecular complexity index is 451. The molecule has 2 rings (SSSR count). The summed E-state index contributed by atoms with van der Waals surface area (Å²) in [5, 5.41) is 8.89. The first-order chi connectivity index (χ1) is 9.22. The maximum Gasteiger partial charge on any atom is 0.0991 e. The average Bonchev–Trinajstić information content (AvgIpc) is 2.43. The molecule has 1 aliphatic rings. The summed E-state index contributed by atoms with van der Waals surface area (Å²) < 4.78 is 0. The first-order valence-corrected chi connectivity index (χ1v) is 7.45. The standard InChI is InChI=1S/C17H24N2/c1-3-4-15-7-9-19(10-8-15)13-17-6-5-16(12-18)11-14(17)2/h5-6,11,15H,3-4,7-10,13H2,1-2H3. The predicted octanol–water partition coefficient (Wildman–Crippen LogP) is 3.88. The number of aryl methyl sites for hydroxylation is 1. The third-order valence-electron chi connectivity index (χ3n) is 4.27. The molecule has 1 aliphatic heterocycles. The number of nitriles is 1. The van der Waals surface area contributed by atoms with Crippen LogP contribution in [-0.4, -0.2) is 18.0 Å². The normalized spacial score (nSPS) is 17.3. The molecule has 0 saturated carbocycles. The smallest absolute Gasteiger partial charge is 0.0991 e. The minimum absolute atomic E-state index is 0.767. The molecule has 1 aromatic carbocycles. The molecule has 0 atom stereocenters. The van der Waals surface area contributed by atoms with Crippen molar-refractivity contribution in [1.29, 1.82) is 5.26 Å². The molecule has 0 aliphatic carbocycles. The van der Waals surface area contributed by atoms with Gasteiger partial charge in [0.15, 0.2) is 0 Å². The topological polar surface area (TPSA) is 27.0 Å². The molecule has 1 heterocycles. The minimum Gasteiger partial charge on any atom is -0.299 e. The molecule has 2 heteroatoms. The molecular weight excluding hydrogens is 232 g/mol. The third-order valence-corrected chi connectivity index (χ3v) is 4.27. The van der Waals surface area contributed by atoms with Crippen molar-refractivity contribution in [2.75, 3.05) is 13.1 Å². The van der Waals surface area contributed by atoms with E-state index in [1.807, 2.05) is 12.1 Å². The summed E-state index contributed by atoms with van der Waals surface area (Å²) in [6.45, 7) is 7.89. The van der Waals surface area contributed by atoms with E-state index in [0.717, 1.165) is 18.0 Å². The second kappa shape index (κ2) is 6.73. The van der Waals surface area contributed by atoms with Gasteiger partial charge in [-0.1, -0.05) is 25.8 Å². The Morgan fingerprint density at radius 1 is 1.32 bits per heavy atom. The summed E-state index contributed by atoms with van der Waals surface area (Å²) >= 11 is 0. The van der Waals surface area contributed by atoms with E-state index in [1.165, 1.54) is 49.9 Å². The lowest BCUT2D eigenvalue weighted by molar-refractivity contribution is 0.171. The first-order valence-electron chi connectivity index (χ1n) is 7.45. The predicted molar refractivity (Wildman–Crippen MR) is 78.8 cm³/mol. The van der Waals surface area contributed by atoms with Crippen molar-refractivity contribution < 1.29 is 0 Å². The van der Waals surface area contributed by atoms with Gasteiger partial charge in [0.05, 0.1) is 11.6 Å². The van der Waals surface area contributed by atoms with Gasteiger partial charge in [-0.3, -0.25) is 4.90 Å². The van der Waals surface area contributed by atoms with Crippen molar-refractivity contribution in [2.24, 2.45) is 5.92 Å². The molecule has 0 bridgehead atoms. The molecule has 1 saturated heterocycles. The zero-order valence-corrected chi connectivity index (χ0v) is 12.2. The van der Waals surface area contributed by atoms with E-state index in [1.54, 1.807) is 0 Å². The fourth-order valence-corrected chi connectivity index (χ4v) is 3.03. The Labute approximate surface area is 117 Å². The highest BCUT2D eigenvalue weighted by atomic mass is 15.1. The molecule has 0 amide bonds. The van der Waals surface area contributed by atoms with Crippen LogP contribution in [0.4, 0.5) is 0 Å². The van der Waals surface area contributed by atoms with Gasteiger partial charge in [-0.2, -0.15) is 5.26 Å². The maximum atomic E-state index is 8.89. The van der Waals surface area contributed by atoms with Crippen molar-refractivity contribution in [3.05, 3.63) is 34.9 Å².